The maximum Gasteiger partial charge on any atom is 0.275 e. The highest BCUT2D eigenvalue weighted by Crippen LogP contribution is 2.40. The molecule has 0 radical (unpaired) electrons. The molecule has 1 aliphatic heterocycles. The van der Waals surface area contributed by atoms with Crippen LogP contribution in [0.2, 0.25) is 0 Å². The molecule has 0 atom stereocenters. The van der Waals surface area contributed by atoms with Gasteiger partial charge in [0, 0.05) is 29.8 Å². The van der Waals surface area contributed by atoms with E-state index in [-0.39, 0.29) is 12.1 Å². The number of benzene rings is 1. The number of alkyl halides is 2. The molecule has 5 heteroatoms. The second kappa shape index (κ2) is 4.16. The Kier molecular flexibility index (Phi) is 2.83. The number of carboxylic acids is 1. The van der Waals surface area contributed by atoms with E-state index in [9.17, 15) is 18.7 Å². The maximum absolute atomic E-state index is 13.8. The number of carbonyl (C=O) groups is 1. The average molecular weight is 238 g/mol. The Morgan fingerprint density at radius 2 is 2.12 bits per heavy atom. The molecule has 17 heavy (non-hydrogen) atoms. The van der Waals surface area contributed by atoms with Crippen LogP contribution >= 0.6 is 0 Å². The summed E-state index contributed by atoms with van der Waals surface area (Å²) in [6, 6.07) is 6.40. The Labute approximate surface area is 96.8 Å². The summed E-state index contributed by atoms with van der Waals surface area (Å²) in [7, 11) is 0. The molecule has 2 rings (SSSR count). The molecule has 1 aliphatic rings. The van der Waals surface area contributed by atoms with E-state index in [2.05, 4.69) is 5.32 Å². The van der Waals surface area contributed by atoms with E-state index in [0.717, 1.165) is 0 Å². The normalized spacial score (nSPS) is 20.2. The van der Waals surface area contributed by atoms with Crippen LogP contribution in [-0.4, -0.2) is 18.4 Å². The lowest BCUT2D eigenvalue weighted by atomic mass is 9.97. The fourth-order valence-corrected chi connectivity index (χ4v) is 1.86. The zero-order valence-electron chi connectivity index (χ0n) is 8.87. The van der Waals surface area contributed by atoms with E-state index in [1.165, 1.54) is 6.07 Å². The molecule has 0 bridgehead atoms. The van der Waals surface area contributed by atoms with Crippen LogP contribution in [0, 0.1) is 0 Å². The molecule has 3 nitrogen and oxygen atoms in total. The lowest BCUT2D eigenvalue weighted by Gasteiger charge is -2.18. The largest absolute Gasteiger partial charge is 0.545 e. The average Bonchev–Trinajstić information content (AvgIpc) is 2.37. The first-order valence-electron chi connectivity index (χ1n) is 5.15. The number of hydrogen-bond donors (Lipinski definition) is 1. The standard InChI is InChI=1S/C12H11F2NO2/c13-12(14)5-6-15-10-4-2-1-3-8(10)9(12)7-11(16)17/h1-4,7,15H,5-6H2,(H,16,17)/p-1/b9-7-. The van der Waals surface area contributed by atoms with E-state index in [4.69, 9.17) is 0 Å². The zero-order valence-corrected chi connectivity index (χ0v) is 8.87. The second-order valence-corrected chi connectivity index (χ2v) is 3.80. The number of nitrogens with one attached hydrogen (secondary N) is 1. The van der Waals surface area contributed by atoms with Gasteiger partial charge in [-0.25, -0.2) is 8.78 Å². The molecule has 90 valence electrons. The molecular weight excluding hydrogens is 228 g/mol. The number of rotatable bonds is 1. The molecule has 0 spiro atoms. The van der Waals surface area contributed by atoms with Gasteiger partial charge in [-0.15, -0.1) is 0 Å². The number of fused-ring (bicyclic) bond motifs is 1. The molecule has 0 saturated carbocycles. The van der Waals surface area contributed by atoms with Crippen molar-refractivity contribution in [2.24, 2.45) is 0 Å². The van der Waals surface area contributed by atoms with Crippen molar-refractivity contribution in [3.05, 3.63) is 35.9 Å². The number of hydrogen-bond acceptors (Lipinski definition) is 3. The van der Waals surface area contributed by atoms with Crippen molar-refractivity contribution in [3.8, 4) is 0 Å². The van der Waals surface area contributed by atoms with Gasteiger partial charge in [0.25, 0.3) is 5.92 Å². The van der Waals surface area contributed by atoms with Crippen LogP contribution in [0.4, 0.5) is 14.5 Å². The van der Waals surface area contributed by atoms with Crippen LogP contribution in [0.1, 0.15) is 12.0 Å². The summed E-state index contributed by atoms with van der Waals surface area (Å²) in [4.78, 5) is 10.5. The van der Waals surface area contributed by atoms with Crippen molar-refractivity contribution < 1.29 is 18.7 Å². The van der Waals surface area contributed by atoms with Gasteiger partial charge < -0.3 is 15.2 Å². The van der Waals surface area contributed by atoms with Crippen molar-refractivity contribution in [3.63, 3.8) is 0 Å². The first kappa shape index (κ1) is 11.6. The van der Waals surface area contributed by atoms with Gasteiger partial charge in [-0.05, 0) is 12.1 Å². The third-order valence-corrected chi connectivity index (χ3v) is 2.63. The van der Waals surface area contributed by atoms with Gasteiger partial charge in [-0.3, -0.25) is 0 Å². The van der Waals surface area contributed by atoms with E-state index >= 15 is 0 Å². The summed E-state index contributed by atoms with van der Waals surface area (Å²) in [6.45, 7) is 0.0917. The first-order valence-corrected chi connectivity index (χ1v) is 5.15. The Balaban J connectivity index is 2.60. The number of anilines is 1. The molecule has 0 amide bonds. The lowest BCUT2D eigenvalue weighted by Crippen LogP contribution is -2.24. The predicted octanol–water partition coefficient (Wildman–Crippen LogP) is 1.27. The second-order valence-electron chi connectivity index (χ2n) is 3.80. The number of halogens is 2. The summed E-state index contributed by atoms with van der Waals surface area (Å²) < 4.78 is 27.5. The number of para-hydroxylation sites is 1. The van der Waals surface area contributed by atoms with Gasteiger partial charge in [-0.2, -0.15) is 0 Å². The minimum absolute atomic E-state index is 0.0917. The van der Waals surface area contributed by atoms with Crippen LogP contribution in [-0.2, 0) is 4.79 Å². The minimum atomic E-state index is -3.17. The highest BCUT2D eigenvalue weighted by molar-refractivity contribution is 5.93. The lowest BCUT2D eigenvalue weighted by molar-refractivity contribution is -0.297. The van der Waals surface area contributed by atoms with E-state index in [0.29, 0.717) is 11.8 Å². The number of carbonyl (C=O) groups excluding carboxylic acids is 1. The molecule has 1 heterocycles. The molecule has 0 unspecified atom stereocenters. The van der Waals surface area contributed by atoms with E-state index in [1.54, 1.807) is 18.2 Å². The van der Waals surface area contributed by atoms with Gasteiger partial charge >= 0.3 is 0 Å². The van der Waals surface area contributed by atoms with Crippen LogP contribution in [0.25, 0.3) is 5.57 Å². The highest BCUT2D eigenvalue weighted by Gasteiger charge is 2.37. The molecular formula is C12H10F2NO2-. The number of aliphatic carboxylic acids is 1. The van der Waals surface area contributed by atoms with E-state index in [1.807, 2.05) is 0 Å². The van der Waals surface area contributed by atoms with Crippen LogP contribution in [0.5, 0.6) is 0 Å². The fourth-order valence-electron chi connectivity index (χ4n) is 1.86. The Morgan fingerprint density at radius 1 is 1.41 bits per heavy atom. The maximum atomic E-state index is 13.8. The Bertz CT molecular complexity index is 483. The van der Waals surface area contributed by atoms with Crippen molar-refractivity contribution in [2.75, 3.05) is 11.9 Å². The third kappa shape index (κ3) is 2.27. The zero-order chi connectivity index (χ0) is 12.5. The molecule has 0 fully saturated rings. The fraction of sp³-hybridized carbons (Fsp3) is 0.250. The smallest absolute Gasteiger partial charge is 0.275 e. The predicted molar refractivity (Wildman–Crippen MR) is 57.5 cm³/mol. The van der Waals surface area contributed by atoms with Crippen molar-refractivity contribution in [1.29, 1.82) is 0 Å². The third-order valence-electron chi connectivity index (χ3n) is 2.63. The molecule has 0 saturated heterocycles. The van der Waals surface area contributed by atoms with Crippen molar-refractivity contribution in [2.45, 2.75) is 12.3 Å². The molecule has 1 aromatic carbocycles. The summed E-state index contributed by atoms with van der Waals surface area (Å²) in [5.74, 6) is -4.78. The van der Waals surface area contributed by atoms with Crippen LogP contribution < -0.4 is 10.4 Å². The van der Waals surface area contributed by atoms with Gasteiger partial charge in [0.15, 0.2) is 0 Å². The summed E-state index contributed by atoms with van der Waals surface area (Å²) >= 11 is 0. The Hall–Kier alpha value is -1.91. The molecule has 0 aromatic heterocycles. The highest BCUT2D eigenvalue weighted by atomic mass is 19.3. The van der Waals surface area contributed by atoms with Gasteiger partial charge in [-0.1, -0.05) is 18.2 Å². The summed E-state index contributed by atoms with van der Waals surface area (Å²) in [6.07, 6.45) is 0.0344. The summed E-state index contributed by atoms with van der Waals surface area (Å²) in [5.41, 5.74) is 0.217. The monoisotopic (exact) mass is 238 g/mol. The molecule has 0 aliphatic carbocycles. The van der Waals surface area contributed by atoms with Crippen LogP contribution in [0.3, 0.4) is 0 Å². The van der Waals surface area contributed by atoms with Gasteiger partial charge in [0.2, 0.25) is 0 Å². The minimum Gasteiger partial charge on any atom is -0.545 e. The van der Waals surface area contributed by atoms with E-state index < -0.39 is 23.9 Å². The topological polar surface area (TPSA) is 52.2 Å². The van der Waals surface area contributed by atoms with Crippen molar-refractivity contribution >= 4 is 17.2 Å². The SMILES string of the molecule is O=C([O-])/C=C1/c2ccccc2NCCC1(F)F. The van der Waals surface area contributed by atoms with Gasteiger partial charge in [0.1, 0.15) is 0 Å². The van der Waals surface area contributed by atoms with Crippen molar-refractivity contribution in [1.82, 2.24) is 0 Å². The Morgan fingerprint density at radius 3 is 2.82 bits per heavy atom. The first-order chi connectivity index (χ1) is 8.00. The molecule has 1 N–H and O–H groups in total. The molecule has 1 aromatic rings. The van der Waals surface area contributed by atoms with Crippen LogP contribution in [0.15, 0.2) is 30.3 Å². The summed E-state index contributed by atoms with van der Waals surface area (Å²) in [5, 5.41) is 13.4. The number of allylic oxidation sites excluding steroid dienone is 1. The van der Waals surface area contributed by atoms with Gasteiger partial charge in [0.05, 0.1) is 5.97 Å². The number of carboxylic acid groups (broad SMARTS) is 1. The quantitative estimate of drug-likeness (QED) is 0.749.